The average Bonchev–Trinajstić information content (AvgIpc) is 3.41. The summed E-state index contributed by atoms with van der Waals surface area (Å²) in [5, 5.41) is 2.10. The number of anilines is 1. The maximum Gasteiger partial charge on any atom is 0.318 e. The van der Waals surface area contributed by atoms with Crippen molar-refractivity contribution in [2.45, 2.75) is 19.1 Å². The second-order valence-electron chi connectivity index (χ2n) is 8.94. The first-order valence-corrected chi connectivity index (χ1v) is 11.5. The lowest BCUT2D eigenvalue weighted by molar-refractivity contribution is -0.127. The molecule has 0 aliphatic carbocycles. The van der Waals surface area contributed by atoms with Crippen LogP contribution < -0.4 is 26.3 Å². The maximum absolute atomic E-state index is 14.9. The first-order valence-electron chi connectivity index (χ1n) is 11.5. The summed E-state index contributed by atoms with van der Waals surface area (Å²) in [6.45, 7) is 0.242. The van der Waals surface area contributed by atoms with Crippen molar-refractivity contribution in [3.8, 4) is 22.6 Å². The fourth-order valence-corrected chi connectivity index (χ4v) is 4.74. The standard InChI is InChI=1S/C26H24FN5O5/c1-36-16-4-2-14-11-32(25(34)18(14)8-16)12-19(24(33)31-26(29)35)22-7-15-6-17(20(27)9-21(15)37-22)13-3-5-23(28)30-10-13/h2-6,8-10,19,22H,7,11-12H2,1H3,(H2,28,30)(H3,29,31,33,35). The van der Waals surface area contributed by atoms with Crippen molar-refractivity contribution in [3.05, 3.63) is 71.2 Å². The number of urea groups is 1. The lowest BCUT2D eigenvalue weighted by Gasteiger charge is -2.26. The van der Waals surface area contributed by atoms with E-state index in [9.17, 15) is 18.8 Å². The van der Waals surface area contributed by atoms with Gasteiger partial charge in [-0.25, -0.2) is 14.2 Å². The molecule has 0 bridgehead atoms. The number of fused-ring (bicyclic) bond motifs is 2. The van der Waals surface area contributed by atoms with E-state index >= 15 is 0 Å². The number of methoxy groups -OCH3 is 1. The van der Waals surface area contributed by atoms with E-state index in [4.69, 9.17) is 20.9 Å². The van der Waals surface area contributed by atoms with Gasteiger partial charge < -0.3 is 25.8 Å². The Bertz CT molecular complexity index is 1410. The first kappa shape index (κ1) is 24.0. The highest BCUT2D eigenvalue weighted by Gasteiger charge is 2.40. The van der Waals surface area contributed by atoms with Crippen LogP contribution in [0.3, 0.4) is 0 Å². The lowest BCUT2D eigenvalue weighted by atomic mass is 9.94. The molecule has 10 nitrogen and oxygen atoms in total. The van der Waals surface area contributed by atoms with Gasteiger partial charge in [-0.2, -0.15) is 0 Å². The highest BCUT2D eigenvalue weighted by Crippen LogP contribution is 2.38. The van der Waals surface area contributed by atoms with Gasteiger partial charge >= 0.3 is 6.03 Å². The number of amides is 4. The van der Waals surface area contributed by atoms with Gasteiger partial charge in [0.15, 0.2) is 0 Å². The largest absolute Gasteiger partial charge is 0.497 e. The van der Waals surface area contributed by atoms with Crippen LogP contribution in [-0.4, -0.2) is 47.5 Å². The van der Waals surface area contributed by atoms with E-state index in [0.29, 0.717) is 33.8 Å². The summed E-state index contributed by atoms with van der Waals surface area (Å²) in [5.41, 5.74) is 13.6. The Morgan fingerprint density at radius 1 is 1.22 bits per heavy atom. The van der Waals surface area contributed by atoms with E-state index in [1.165, 1.54) is 24.3 Å². The third-order valence-electron chi connectivity index (χ3n) is 6.59. The lowest BCUT2D eigenvalue weighted by Crippen LogP contribution is -2.49. The number of ether oxygens (including phenoxy) is 2. The van der Waals surface area contributed by atoms with E-state index in [-0.39, 0.29) is 31.2 Å². The minimum atomic E-state index is -1.02. The van der Waals surface area contributed by atoms with Crippen LogP contribution in [0.4, 0.5) is 15.0 Å². The van der Waals surface area contributed by atoms with Crippen molar-refractivity contribution >= 4 is 23.7 Å². The van der Waals surface area contributed by atoms with Crippen molar-refractivity contribution in [2.24, 2.45) is 11.7 Å². The second kappa shape index (κ2) is 9.41. The first-order chi connectivity index (χ1) is 17.7. The molecular formula is C26H24FN5O5. The Hall–Kier alpha value is -4.67. The fourth-order valence-electron chi connectivity index (χ4n) is 4.74. The molecule has 0 saturated heterocycles. The fraction of sp³-hybridized carbons (Fsp3) is 0.231. The summed E-state index contributed by atoms with van der Waals surface area (Å²) < 4.78 is 26.1. The minimum absolute atomic E-state index is 0.0369. The number of hydrogen-bond acceptors (Lipinski definition) is 7. The summed E-state index contributed by atoms with van der Waals surface area (Å²) in [6, 6.07) is 10.3. The van der Waals surface area contributed by atoms with Crippen molar-refractivity contribution in [2.75, 3.05) is 19.4 Å². The van der Waals surface area contributed by atoms with Crippen LogP contribution >= 0.6 is 0 Å². The molecule has 0 fully saturated rings. The Morgan fingerprint density at radius 3 is 2.73 bits per heavy atom. The van der Waals surface area contributed by atoms with Gasteiger partial charge in [-0.3, -0.25) is 14.9 Å². The summed E-state index contributed by atoms with van der Waals surface area (Å²) in [7, 11) is 1.51. The van der Waals surface area contributed by atoms with E-state index < -0.39 is 29.8 Å². The molecule has 37 heavy (non-hydrogen) atoms. The molecule has 2 aliphatic heterocycles. The van der Waals surface area contributed by atoms with Crippen molar-refractivity contribution in [1.82, 2.24) is 15.2 Å². The summed E-state index contributed by atoms with van der Waals surface area (Å²) in [4.78, 5) is 43.1. The molecular weight excluding hydrogens is 481 g/mol. The highest BCUT2D eigenvalue weighted by molar-refractivity contribution is 5.99. The summed E-state index contributed by atoms with van der Waals surface area (Å²) >= 11 is 0. The molecule has 1 aromatic heterocycles. The van der Waals surface area contributed by atoms with Crippen molar-refractivity contribution in [3.63, 3.8) is 0 Å². The molecule has 0 saturated carbocycles. The zero-order chi connectivity index (χ0) is 26.3. The molecule has 5 rings (SSSR count). The number of benzene rings is 2. The summed E-state index contributed by atoms with van der Waals surface area (Å²) in [5.74, 6) is -1.30. The third kappa shape index (κ3) is 4.63. The Kier molecular flexibility index (Phi) is 6.12. The van der Waals surface area contributed by atoms with Gasteiger partial charge in [-0.15, -0.1) is 0 Å². The number of aromatic nitrogens is 1. The van der Waals surface area contributed by atoms with Gasteiger partial charge in [-0.1, -0.05) is 6.07 Å². The van der Waals surface area contributed by atoms with Crippen molar-refractivity contribution < 1.29 is 28.2 Å². The normalized spacial score (nSPS) is 16.5. The van der Waals surface area contributed by atoms with Crippen LogP contribution in [0.2, 0.25) is 0 Å². The van der Waals surface area contributed by atoms with Crippen LogP contribution in [0, 0.1) is 11.7 Å². The van der Waals surface area contributed by atoms with Crippen molar-refractivity contribution in [1.29, 1.82) is 0 Å². The van der Waals surface area contributed by atoms with Crippen LogP contribution in [-0.2, 0) is 17.8 Å². The molecule has 2 unspecified atom stereocenters. The molecule has 0 radical (unpaired) electrons. The quantitative estimate of drug-likeness (QED) is 0.465. The SMILES string of the molecule is COc1ccc2c(c1)C(=O)N(CC(C(=O)NC(N)=O)C1Cc3cc(-c4ccc(N)nc4)c(F)cc3O1)C2. The topological polar surface area (TPSA) is 150 Å². The number of pyridine rings is 1. The number of rotatable bonds is 6. The second-order valence-corrected chi connectivity index (χ2v) is 8.94. The smallest absolute Gasteiger partial charge is 0.318 e. The number of halogens is 1. The van der Waals surface area contributed by atoms with E-state index in [2.05, 4.69) is 10.3 Å². The van der Waals surface area contributed by atoms with Gasteiger partial charge in [-0.05, 0) is 41.5 Å². The van der Waals surface area contributed by atoms with Gasteiger partial charge in [0, 0.05) is 48.5 Å². The predicted molar refractivity (Wildman–Crippen MR) is 131 cm³/mol. The molecule has 3 heterocycles. The monoisotopic (exact) mass is 505 g/mol. The predicted octanol–water partition coefficient (Wildman–Crippen LogP) is 2.25. The van der Waals surface area contributed by atoms with Crippen LogP contribution in [0.25, 0.3) is 11.1 Å². The number of nitrogens with zero attached hydrogens (tertiary/aromatic N) is 2. The summed E-state index contributed by atoms with van der Waals surface area (Å²) in [6.07, 6.45) is 0.965. The zero-order valence-corrected chi connectivity index (χ0v) is 19.9. The highest BCUT2D eigenvalue weighted by atomic mass is 19.1. The molecule has 190 valence electrons. The van der Waals surface area contributed by atoms with Gasteiger partial charge in [0.2, 0.25) is 5.91 Å². The number of primary amides is 1. The van der Waals surface area contributed by atoms with Gasteiger partial charge in [0.1, 0.15) is 29.2 Å². The minimum Gasteiger partial charge on any atom is -0.497 e. The zero-order valence-electron chi connectivity index (χ0n) is 19.9. The molecule has 2 aromatic carbocycles. The van der Waals surface area contributed by atoms with Crippen LogP contribution in [0.15, 0.2) is 48.7 Å². The molecule has 5 N–H and O–H groups in total. The van der Waals surface area contributed by atoms with E-state index in [0.717, 1.165) is 5.56 Å². The molecule has 3 aromatic rings. The number of carbonyl (C=O) groups excluding carboxylic acids is 3. The molecule has 2 atom stereocenters. The Labute approximate surface area is 211 Å². The Morgan fingerprint density at radius 2 is 2.03 bits per heavy atom. The molecule has 11 heteroatoms. The van der Waals surface area contributed by atoms with Crippen LogP contribution in [0.5, 0.6) is 11.5 Å². The molecule has 2 aliphatic rings. The maximum atomic E-state index is 14.9. The van der Waals surface area contributed by atoms with E-state index in [1.54, 1.807) is 36.4 Å². The number of imide groups is 1. The third-order valence-corrected chi connectivity index (χ3v) is 6.59. The average molecular weight is 506 g/mol. The van der Waals surface area contributed by atoms with Crippen LogP contribution in [0.1, 0.15) is 21.5 Å². The van der Waals surface area contributed by atoms with E-state index in [1.807, 2.05) is 0 Å². The number of nitrogen functional groups attached to an aromatic ring is 1. The van der Waals surface area contributed by atoms with Gasteiger partial charge in [0.25, 0.3) is 5.91 Å². The number of hydrogen-bond donors (Lipinski definition) is 3. The number of nitrogens with one attached hydrogen (secondary N) is 1. The molecule has 0 spiro atoms. The Balaban J connectivity index is 1.40. The number of carbonyl (C=O) groups is 3. The molecule has 4 amide bonds. The number of nitrogens with two attached hydrogens (primary N) is 2. The van der Waals surface area contributed by atoms with Gasteiger partial charge in [0.05, 0.1) is 13.0 Å².